The van der Waals surface area contributed by atoms with Crippen molar-refractivity contribution in [2.75, 3.05) is 6.26 Å². The molecule has 0 heterocycles. The van der Waals surface area contributed by atoms with E-state index in [-0.39, 0.29) is 26.9 Å². The van der Waals surface area contributed by atoms with Gasteiger partial charge >= 0.3 is 5.97 Å². The van der Waals surface area contributed by atoms with Crippen molar-refractivity contribution in [3.8, 4) is 12.3 Å². The Hall–Kier alpha value is -2.53. The molecule has 0 bridgehead atoms. The van der Waals surface area contributed by atoms with Crippen molar-refractivity contribution in [3.63, 3.8) is 0 Å². The summed E-state index contributed by atoms with van der Waals surface area (Å²) in [6, 6.07) is 7.24. The maximum atomic E-state index is 12.5. The number of hydrogen-bond donors (Lipinski definition) is 2. The highest BCUT2D eigenvalue weighted by atomic mass is 35.5. The molecule has 0 aliphatic rings. The molecular weight excluding hydrogens is 425 g/mol. The molecule has 0 aromatic heterocycles. The zero-order valence-corrected chi connectivity index (χ0v) is 16.9. The Morgan fingerprint density at radius 2 is 1.82 bits per heavy atom. The van der Waals surface area contributed by atoms with E-state index in [2.05, 4.69) is 11.2 Å². The fraction of sp³-hybridized carbons (Fsp3) is 0.158. The molecule has 146 valence electrons. The smallest absolute Gasteiger partial charge is 0.326 e. The van der Waals surface area contributed by atoms with Crippen molar-refractivity contribution in [2.24, 2.45) is 0 Å². The number of rotatable bonds is 6. The Morgan fingerprint density at radius 1 is 1.21 bits per heavy atom. The number of carbonyl (C=O) groups excluding carboxylic acids is 1. The molecule has 0 saturated heterocycles. The summed E-state index contributed by atoms with van der Waals surface area (Å²) in [6.45, 7) is 0. The fourth-order valence-corrected chi connectivity index (χ4v) is 3.79. The molecule has 2 aromatic rings. The number of sulfone groups is 1. The molecule has 0 fully saturated rings. The monoisotopic (exact) mass is 439 g/mol. The normalized spacial score (nSPS) is 12.1. The minimum Gasteiger partial charge on any atom is -0.480 e. The van der Waals surface area contributed by atoms with Crippen molar-refractivity contribution in [1.82, 2.24) is 5.32 Å². The van der Waals surface area contributed by atoms with Crippen LogP contribution in [0.2, 0.25) is 10.0 Å². The number of hydrogen-bond acceptors (Lipinski definition) is 4. The third-order valence-electron chi connectivity index (χ3n) is 3.81. The van der Waals surface area contributed by atoms with Crippen LogP contribution < -0.4 is 5.32 Å². The quantitative estimate of drug-likeness (QED) is 0.673. The highest BCUT2D eigenvalue weighted by molar-refractivity contribution is 7.90. The summed E-state index contributed by atoms with van der Waals surface area (Å²) in [5.74, 6) is 0.253. The first kappa shape index (κ1) is 21.8. The maximum absolute atomic E-state index is 12.5. The Bertz CT molecular complexity index is 1070. The largest absolute Gasteiger partial charge is 0.480 e. The van der Waals surface area contributed by atoms with Crippen molar-refractivity contribution in [1.29, 1.82) is 0 Å². The van der Waals surface area contributed by atoms with Gasteiger partial charge in [-0.25, -0.2) is 13.2 Å². The number of terminal acetylenes is 1. The first-order valence-corrected chi connectivity index (χ1v) is 10.5. The summed E-state index contributed by atoms with van der Waals surface area (Å²) in [6.07, 6.45) is 6.19. The van der Waals surface area contributed by atoms with Crippen LogP contribution in [0.3, 0.4) is 0 Å². The third-order valence-corrected chi connectivity index (χ3v) is 5.51. The molecule has 0 aliphatic carbocycles. The van der Waals surface area contributed by atoms with Gasteiger partial charge in [0.25, 0.3) is 5.91 Å². The molecule has 1 amide bonds. The average Bonchev–Trinajstić information content (AvgIpc) is 2.59. The van der Waals surface area contributed by atoms with E-state index in [1.54, 1.807) is 6.07 Å². The Kier molecular flexibility index (Phi) is 6.73. The van der Waals surface area contributed by atoms with Gasteiger partial charge in [0.15, 0.2) is 9.84 Å². The van der Waals surface area contributed by atoms with Crippen LogP contribution in [0.4, 0.5) is 0 Å². The Labute approximate surface area is 172 Å². The second-order valence-corrected chi connectivity index (χ2v) is 8.78. The topological polar surface area (TPSA) is 101 Å². The summed E-state index contributed by atoms with van der Waals surface area (Å²) >= 11 is 12.1. The van der Waals surface area contributed by atoms with Crippen LogP contribution in [0.15, 0.2) is 41.3 Å². The molecular formula is C19H15Cl2NO5S. The maximum Gasteiger partial charge on any atom is 0.326 e. The Morgan fingerprint density at radius 3 is 2.32 bits per heavy atom. The lowest BCUT2D eigenvalue weighted by molar-refractivity contribution is -0.139. The van der Waals surface area contributed by atoms with E-state index in [9.17, 15) is 23.1 Å². The summed E-state index contributed by atoms with van der Waals surface area (Å²) < 4.78 is 23.3. The number of carboxylic acid groups (broad SMARTS) is 1. The van der Waals surface area contributed by atoms with Gasteiger partial charge in [-0.05, 0) is 29.8 Å². The number of carboxylic acids is 1. The van der Waals surface area contributed by atoms with E-state index >= 15 is 0 Å². The van der Waals surface area contributed by atoms with E-state index in [1.165, 1.54) is 30.3 Å². The molecule has 1 unspecified atom stereocenters. The second kappa shape index (κ2) is 8.65. The molecule has 28 heavy (non-hydrogen) atoms. The van der Waals surface area contributed by atoms with E-state index in [0.29, 0.717) is 11.1 Å². The van der Waals surface area contributed by atoms with Crippen LogP contribution >= 0.6 is 23.2 Å². The Balaban J connectivity index is 2.29. The number of carbonyl (C=O) groups is 2. The molecule has 0 radical (unpaired) electrons. The lowest BCUT2D eigenvalue weighted by Crippen LogP contribution is -2.42. The number of benzene rings is 2. The highest BCUT2D eigenvalue weighted by Crippen LogP contribution is 2.26. The second-order valence-electron chi connectivity index (χ2n) is 5.95. The molecule has 0 saturated carbocycles. The molecule has 0 aliphatic heterocycles. The summed E-state index contributed by atoms with van der Waals surface area (Å²) in [7, 11) is -3.45. The van der Waals surface area contributed by atoms with Crippen molar-refractivity contribution in [2.45, 2.75) is 17.4 Å². The standard InChI is InChI=1S/C19H15Cl2NO5S/c1-3-11-8-14(20)17(15(21)9-11)18(23)22-16(19(24)25)10-12-5-4-6-13(7-12)28(2,26)27/h1,4-9,16H,10H2,2H3,(H,22,23)(H,24,25). The highest BCUT2D eigenvalue weighted by Gasteiger charge is 2.24. The number of halogens is 2. The molecule has 0 spiro atoms. The van der Waals surface area contributed by atoms with Gasteiger partial charge in [0, 0.05) is 18.2 Å². The number of nitrogens with one attached hydrogen (secondary N) is 1. The predicted molar refractivity (Wildman–Crippen MR) is 107 cm³/mol. The average molecular weight is 440 g/mol. The third kappa shape index (κ3) is 5.26. The van der Waals surface area contributed by atoms with Crippen LogP contribution in [0.1, 0.15) is 21.5 Å². The van der Waals surface area contributed by atoms with Gasteiger partial charge in [-0.3, -0.25) is 4.79 Å². The van der Waals surface area contributed by atoms with Gasteiger partial charge in [-0.15, -0.1) is 6.42 Å². The lowest BCUT2D eigenvalue weighted by atomic mass is 10.0. The van der Waals surface area contributed by atoms with E-state index in [4.69, 9.17) is 29.6 Å². The molecule has 2 N–H and O–H groups in total. The van der Waals surface area contributed by atoms with Crippen LogP contribution in [-0.4, -0.2) is 37.7 Å². The molecule has 2 rings (SSSR count). The van der Waals surface area contributed by atoms with Gasteiger partial charge in [-0.2, -0.15) is 0 Å². The first-order chi connectivity index (χ1) is 13.0. The van der Waals surface area contributed by atoms with Crippen LogP contribution in [-0.2, 0) is 21.1 Å². The van der Waals surface area contributed by atoms with E-state index < -0.39 is 27.8 Å². The summed E-state index contributed by atoms with van der Waals surface area (Å²) in [4.78, 5) is 24.2. The SMILES string of the molecule is C#Cc1cc(Cl)c(C(=O)NC(Cc2cccc(S(C)(=O)=O)c2)C(=O)O)c(Cl)c1. The zero-order chi connectivity index (χ0) is 21.1. The first-order valence-electron chi connectivity index (χ1n) is 7.81. The van der Waals surface area contributed by atoms with Gasteiger partial charge < -0.3 is 10.4 Å². The molecule has 6 nitrogen and oxygen atoms in total. The lowest BCUT2D eigenvalue weighted by Gasteiger charge is -2.16. The molecule has 1 atom stereocenters. The van der Waals surface area contributed by atoms with Crippen molar-refractivity contribution in [3.05, 3.63) is 63.1 Å². The number of amides is 1. The molecule has 9 heteroatoms. The van der Waals surface area contributed by atoms with Crippen LogP contribution in [0.5, 0.6) is 0 Å². The van der Waals surface area contributed by atoms with Gasteiger partial charge in [0.1, 0.15) is 6.04 Å². The van der Waals surface area contributed by atoms with Gasteiger partial charge in [0.05, 0.1) is 20.5 Å². The van der Waals surface area contributed by atoms with Crippen LogP contribution in [0, 0.1) is 12.3 Å². The fourth-order valence-electron chi connectivity index (χ4n) is 2.44. The minimum atomic E-state index is -3.45. The van der Waals surface area contributed by atoms with Gasteiger partial charge in [-0.1, -0.05) is 41.3 Å². The van der Waals surface area contributed by atoms with Crippen molar-refractivity contribution < 1.29 is 23.1 Å². The summed E-state index contributed by atoms with van der Waals surface area (Å²) in [5, 5.41) is 11.8. The van der Waals surface area contributed by atoms with E-state index in [0.717, 1.165) is 6.26 Å². The van der Waals surface area contributed by atoms with Gasteiger partial charge in [0.2, 0.25) is 0 Å². The number of aliphatic carboxylic acids is 1. The van der Waals surface area contributed by atoms with Crippen LogP contribution in [0.25, 0.3) is 0 Å². The van der Waals surface area contributed by atoms with Crippen molar-refractivity contribution >= 4 is 44.9 Å². The minimum absolute atomic E-state index is 0.0128. The molecule has 2 aromatic carbocycles. The summed E-state index contributed by atoms with van der Waals surface area (Å²) in [5.41, 5.74) is 0.702. The zero-order valence-electron chi connectivity index (χ0n) is 14.6. The predicted octanol–water partition coefficient (Wildman–Crippen LogP) is 2.80. The van der Waals surface area contributed by atoms with E-state index in [1.807, 2.05) is 0 Å².